The summed E-state index contributed by atoms with van der Waals surface area (Å²) in [6.45, 7) is 2.84. The van der Waals surface area contributed by atoms with Gasteiger partial charge in [-0.25, -0.2) is 18.2 Å². The molecule has 0 aliphatic rings. The van der Waals surface area contributed by atoms with E-state index >= 15 is 0 Å². The lowest BCUT2D eigenvalue weighted by molar-refractivity contribution is -0.114. The number of anilines is 4. The fourth-order valence-electron chi connectivity index (χ4n) is 2.55. The van der Waals surface area contributed by atoms with Crippen LogP contribution in [0.5, 0.6) is 0 Å². The summed E-state index contributed by atoms with van der Waals surface area (Å²) in [5.74, 6) is -0.351. The van der Waals surface area contributed by atoms with Crippen molar-refractivity contribution < 1.29 is 18.0 Å². The summed E-state index contributed by atoms with van der Waals surface area (Å²) in [4.78, 5) is 27.7. The molecule has 0 bridgehead atoms. The molecule has 0 fully saturated rings. The number of hydrogen-bond acceptors (Lipinski definition) is 6. The lowest BCUT2D eigenvalue weighted by atomic mass is 10.3. The molecule has 3 rings (SSSR count). The van der Waals surface area contributed by atoms with Gasteiger partial charge in [-0.05, 0) is 47.1 Å². The zero-order valence-electron chi connectivity index (χ0n) is 16.4. The van der Waals surface area contributed by atoms with Crippen LogP contribution in [-0.2, 0) is 14.8 Å². The molecule has 0 spiro atoms. The second kappa shape index (κ2) is 9.45. The van der Waals surface area contributed by atoms with Crippen molar-refractivity contribution in [1.29, 1.82) is 0 Å². The standard InChI is InChI=1S/C19H18BrN5O4S2/c1-11-17(30-19(21-11)22-12(2)26)31(28,29)25-16-10-6-5-9-15(16)24-18(27)23-14-8-4-3-7-13(14)20/h3-10,25H,1-2H3,(H,21,22,26)(H2,23,24,27). The third-order valence-corrected chi connectivity index (χ3v) is 7.56. The highest BCUT2D eigenvalue weighted by Gasteiger charge is 2.23. The molecule has 3 aromatic rings. The molecule has 1 heterocycles. The number of urea groups is 1. The first kappa shape index (κ1) is 22.7. The molecule has 31 heavy (non-hydrogen) atoms. The summed E-state index contributed by atoms with van der Waals surface area (Å²) in [6.07, 6.45) is 0. The number of thiazole rings is 1. The van der Waals surface area contributed by atoms with E-state index in [1.165, 1.54) is 19.9 Å². The summed E-state index contributed by atoms with van der Waals surface area (Å²) < 4.78 is 28.9. The maximum atomic E-state index is 12.9. The Morgan fingerprint density at radius 2 is 1.52 bits per heavy atom. The van der Waals surface area contributed by atoms with Gasteiger partial charge in [0.25, 0.3) is 10.0 Å². The van der Waals surface area contributed by atoms with Gasteiger partial charge >= 0.3 is 6.03 Å². The van der Waals surface area contributed by atoms with Gasteiger partial charge in [0.1, 0.15) is 0 Å². The van der Waals surface area contributed by atoms with Crippen LogP contribution in [0.3, 0.4) is 0 Å². The normalized spacial score (nSPS) is 10.9. The van der Waals surface area contributed by atoms with Gasteiger partial charge in [0.15, 0.2) is 9.34 Å². The Morgan fingerprint density at radius 3 is 2.16 bits per heavy atom. The second-order valence-electron chi connectivity index (χ2n) is 6.28. The maximum Gasteiger partial charge on any atom is 0.323 e. The molecule has 0 aliphatic heterocycles. The van der Waals surface area contributed by atoms with Crippen molar-refractivity contribution in [2.45, 2.75) is 18.1 Å². The van der Waals surface area contributed by atoms with Crippen molar-refractivity contribution in [2.24, 2.45) is 0 Å². The zero-order valence-corrected chi connectivity index (χ0v) is 19.6. The highest BCUT2D eigenvalue weighted by molar-refractivity contribution is 9.10. The molecule has 3 amide bonds. The number of benzene rings is 2. The molecule has 0 aliphatic carbocycles. The highest BCUT2D eigenvalue weighted by atomic mass is 79.9. The summed E-state index contributed by atoms with van der Waals surface area (Å²) in [6, 6.07) is 12.9. The van der Waals surface area contributed by atoms with Gasteiger partial charge in [0.2, 0.25) is 5.91 Å². The summed E-state index contributed by atoms with van der Waals surface area (Å²) in [5.41, 5.74) is 1.25. The number of hydrogen-bond donors (Lipinski definition) is 4. The molecule has 0 unspecified atom stereocenters. The van der Waals surface area contributed by atoms with Crippen molar-refractivity contribution in [3.05, 3.63) is 58.7 Å². The predicted octanol–water partition coefficient (Wildman–Crippen LogP) is 4.62. The fraction of sp³-hybridized carbons (Fsp3) is 0.105. The first-order valence-electron chi connectivity index (χ1n) is 8.85. The Hall–Kier alpha value is -2.96. The van der Waals surface area contributed by atoms with Gasteiger partial charge in [-0.3, -0.25) is 9.52 Å². The lowest BCUT2D eigenvalue weighted by Gasteiger charge is -2.14. The van der Waals surface area contributed by atoms with Gasteiger partial charge in [0.05, 0.1) is 22.8 Å². The number of para-hydroxylation sites is 3. The number of nitrogens with zero attached hydrogens (tertiary/aromatic N) is 1. The van der Waals surface area contributed by atoms with E-state index in [-0.39, 0.29) is 32.3 Å². The van der Waals surface area contributed by atoms with E-state index in [9.17, 15) is 18.0 Å². The van der Waals surface area contributed by atoms with E-state index in [4.69, 9.17) is 0 Å². The first-order chi connectivity index (χ1) is 14.7. The summed E-state index contributed by atoms with van der Waals surface area (Å²) >= 11 is 4.19. The topological polar surface area (TPSA) is 129 Å². The molecule has 9 nitrogen and oxygen atoms in total. The number of rotatable bonds is 6. The number of sulfonamides is 1. The van der Waals surface area contributed by atoms with E-state index in [1.54, 1.807) is 36.4 Å². The Morgan fingerprint density at radius 1 is 0.935 bits per heavy atom. The third kappa shape index (κ3) is 5.81. The molecular formula is C19H18BrN5O4S2. The fourth-order valence-corrected chi connectivity index (χ4v) is 5.47. The molecule has 0 saturated heterocycles. The minimum absolute atomic E-state index is 0.0382. The van der Waals surface area contributed by atoms with Crippen molar-refractivity contribution in [2.75, 3.05) is 20.7 Å². The van der Waals surface area contributed by atoms with E-state index < -0.39 is 16.1 Å². The van der Waals surface area contributed by atoms with Crippen LogP contribution in [-0.4, -0.2) is 25.3 Å². The van der Waals surface area contributed by atoms with Crippen molar-refractivity contribution in [1.82, 2.24) is 4.98 Å². The van der Waals surface area contributed by atoms with E-state index in [1.807, 2.05) is 6.07 Å². The molecule has 4 N–H and O–H groups in total. The lowest BCUT2D eigenvalue weighted by Crippen LogP contribution is -2.21. The monoisotopic (exact) mass is 523 g/mol. The number of carbonyl (C=O) groups is 2. The number of carbonyl (C=O) groups excluding carboxylic acids is 2. The molecule has 0 radical (unpaired) electrons. The first-order valence-corrected chi connectivity index (χ1v) is 11.9. The highest BCUT2D eigenvalue weighted by Crippen LogP contribution is 2.31. The maximum absolute atomic E-state index is 12.9. The number of amides is 3. The minimum atomic E-state index is -4.01. The number of aryl methyl sites for hydroxylation is 1. The second-order valence-corrected chi connectivity index (χ2v) is 10.0. The van der Waals surface area contributed by atoms with E-state index in [2.05, 4.69) is 41.6 Å². The van der Waals surface area contributed by atoms with Gasteiger partial charge in [-0.15, -0.1) is 0 Å². The van der Waals surface area contributed by atoms with Crippen LogP contribution in [0, 0.1) is 6.92 Å². The van der Waals surface area contributed by atoms with Crippen LogP contribution in [0.2, 0.25) is 0 Å². The molecule has 12 heteroatoms. The SMILES string of the molecule is CC(=O)Nc1nc(C)c(S(=O)(=O)Nc2ccccc2NC(=O)Nc2ccccc2Br)s1. The van der Waals surface area contributed by atoms with Gasteiger partial charge < -0.3 is 16.0 Å². The van der Waals surface area contributed by atoms with Gasteiger partial charge in [0, 0.05) is 11.4 Å². The number of halogens is 1. The van der Waals surface area contributed by atoms with Crippen LogP contribution in [0.15, 0.2) is 57.2 Å². The molecular weight excluding hydrogens is 506 g/mol. The molecule has 162 valence electrons. The zero-order chi connectivity index (χ0) is 22.6. The largest absolute Gasteiger partial charge is 0.323 e. The average molecular weight is 524 g/mol. The molecule has 0 saturated carbocycles. The minimum Gasteiger partial charge on any atom is -0.307 e. The molecule has 1 aromatic heterocycles. The quantitative estimate of drug-likeness (QED) is 0.374. The van der Waals surface area contributed by atoms with Crippen molar-refractivity contribution in [3.8, 4) is 0 Å². The van der Waals surface area contributed by atoms with Crippen LogP contribution in [0.25, 0.3) is 0 Å². The van der Waals surface area contributed by atoms with Crippen LogP contribution in [0.1, 0.15) is 12.6 Å². The Kier molecular flexibility index (Phi) is 6.93. The van der Waals surface area contributed by atoms with Crippen LogP contribution >= 0.6 is 27.3 Å². The Labute approximate surface area is 191 Å². The average Bonchev–Trinajstić information content (AvgIpc) is 3.05. The summed E-state index contributed by atoms with van der Waals surface area (Å²) in [5, 5.41) is 7.99. The van der Waals surface area contributed by atoms with E-state index in [0.29, 0.717) is 10.2 Å². The van der Waals surface area contributed by atoms with Gasteiger partial charge in [-0.2, -0.15) is 0 Å². The van der Waals surface area contributed by atoms with E-state index in [0.717, 1.165) is 11.3 Å². The Bertz CT molecular complexity index is 1240. The third-order valence-electron chi connectivity index (χ3n) is 3.82. The van der Waals surface area contributed by atoms with Crippen LogP contribution in [0.4, 0.5) is 27.0 Å². The Balaban J connectivity index is 1.80. The van der Waals surface area contributed by atoms with Gasteiger partial charge in [-0.1, -0.05) is 35.6 Å². The van der Waals surface area contributed by atoms with Crippen LogP contribution < -0.4 is 20.7 Å². The number of nitrogens with one attached hydrogen (secondary N) is 4. The number of aromatic nitrogens is 1. The summed E-state index contributed by atoms with van der Waals surface area (Å²) in [7, 11) is -4.01. The smallest absolute Gasteiger partial charge is 0.307 e. The van der Waals surface area contributed by atoms with Crippen molar-refractivity contribution in [3.63, 3.8) is 0 Å². The predicted molar refractivity (Wildman–Crippen MR) is 125 cm³/mol. The van der Waals surface area contributed by atoms with Crippen molar-refractivity contribution >= 4 is 71.4 Å². The molecule has 0 atom stereocenters. The molecule has 2 aromatic carbocycles.